The largest absolute Gasteiger partial charge is 0.344 e. The Morgan fingerprint density at radius 3 is 2.25 bits per heavy atom. The fourth-order valence-corrected chi connectivity index (χ4v) is 2.24. The van der Waals surface area contributed by atoms with Crippen LogP contribution in [-0.4, -0.2) is 7.05 Å². The van der Waals surface area contributed by atoms with Crippen molar-refractivity contribution in [1.29, 1.82) is 0 Å². The molecule has 2 aromatic carbocycles. The second kappa shape index (κ2) is 5.63. The summed E-state index contributed by atoms with van der Waals surface area (Å²) in [5.74, 6) is -0.210. The number of benzene rings is 2. The molecule has 0 aromatic heterocycles. The third kappa shape index (κ3) is 2.83. The van der Waals surface area contributed by atoms with Gasteiger partial charge in [0.2, 0.25) is 0 Å². The molecule has 0 aliphatic carbocycles. The molecule has 1 atom stereocenters. The van der Waals surface area contributed by atoms with E-state index in [0.717, 1.165) is 16.9 Å². The predicted molar refractivity (Wildman–Crippen MR) is 83.0 cm³/mol. The first-order valence-electron chi connectivity index (χ1n) is 6.76. The lowest BCUT2D eigenvalue weighted by molar-refractivity contribution is 0.613. The number of hydrogen-bond donors (Lipinski definition) is 1. The topological polar surface area (TPSA) is 29.3 Å². The summed E-state index contributed by atoms with van der Waals surface area (Å²) < 4.78 is 13.8. The number of nitrogens with two attached hydrogens (primary N) is 1. The van der Waals surface area contributed by atoms with Gasteiger partial charge in [0, 0.05) is 24.5 Å². The first-order chi connectivity index (χ1) is 9.40. The van der Waals surface area contributed by atoms with Gasteiger partial charge in [0.15, 0.2) is 0 Å². The van der Waals surface area contributed by atoms with E-state index >= 15 is 0 Å². The molecule has 2 rings (SSSR count). The Morgan fingerprint density at radius 1 is 1.10 bits per heavy atom. The summed E-state index contributed by atoms with van der Waals surface area (Å²) in [4.78, 5) is 2.05. The highest BCUT2D eigenvalue weighted by Gasteiger charge is 2.15. The van der Waals surface area contributed by atoms with Crippen molar-refractivity contribution in [1.82, 2.24) is 0 Å². The molecule has 0 heterocycles. The number of hydrogen-bond acceptors (Lipinski definition) is 2. The Hall–Kier alpha value is -1.87. The van der Waals surface area contributed by atoms with E-state index in [4.69, 9.17) is 5.73 Å². The Bertz CT molecular complexity index is 603. The maximum atomic E-state index is 13.8. The molecule has 0 saturated heterocycles. The maximum Gasteiger partial charge on any atom is 0.126 e. The van der Waals surface area contributed by atoms with Crippen LogP contribution in [-0.2, 0) is 0 Å². The molecule has 0 aliphatic rings. The number of rotatable bonds is 3. The monoisotopic (exact) mass is 272 g/mol. The average Bonchev–Trinajstić information content (AvgIpc) is 2.41. The molecule has 106 valence electrons. The zero-order chi connectivity index (χ0) is 14.9. The standard InChI is InChI=1S/C17H21FN2/c1-11-5-7-14(8-6-11)20(4)17-9-12(2)16(18)10-15(17)13(3)19/h5-10,13H,19H2,1-4H3/t13-/m0/s1. The highest BCUT2D eigenvalue weighted by atomic mass is 19.1. The minimum absolute atomic E-state index is 0.210. The summed E-state index contributed by atoms with van der Waals surface area (Å²) in [6.07, 6.45) is 0. The van der Waals surface area contributed by atoms with Crippen LogP contribution in [0.4, 0.5) is 15.8 Å². The SMILES string of the molecule is Cc1ccc(N(C)c2cc(C)c(F)cc2[C@H](C)N)cc1. The van der Waals surface area contributed by atoms with E-state index in [2.05, 4.69) is 31.2 Å². The molecule has 0 amide bonds. The smallest absolute Gasteiger partial charge is 0.126 e. The van der Waals surface area contributed by atoms with Gasteiger partial charge in [-0.2, -0.15) is 0 Å². The number of halogens is 1. The van der Waals surface area contributed by atoms with Gasteiger partial charge in [-0.25, -0.2) is 4.39 Å². The first kappa shape index (κ1) is 14.5. The van der Waals surface area contributed by atoms with Crippen LogP contribution >= 0.6 is 0 Å². The summed E-state index contributed by atoms with van der Waals surface area (Å²) in [7, 11) is 1.98. The molecule has 0 spiro atoms. The highest BCUT2D eigenvalue weighted by molar-refractivity contribution is 5.67. The maximum absolute atomic E-state index is 13.8. The van der Waals surface area contributed by atoms with Crippen molar-refractivity contribution in [3.8, 4) is 0 Å². The van der Waals surface area contributed by atoms with Crippen LogP contribution in [0.1, 0.15) is 29.7 Å². The van der Waals surface area contributed by atoms with Crippen molar-refractivity contribution in [3.05, 3.63) is 58.9 Å². The van der Waals surface area contributed by atoms with Crippen LogP contribution in [0.25, 0.3) is 0 Å². The van der Waals surface area contributed by atoms with E-state index in [9.17, 15) is 4.39 Å². The van der Waals surface area contributed by atoms with Gasteiger partial charge in [-0.15, -0.1) is 0 Å². The third-order valence-corrected chi connectivity index (χ3v) is 3.58. The van der Waals surface area contributed by atoms with Gasteiger partial charge >= 0.3 is 0 Å². The van der Waals surface area contributed by atoms with Crippen molar-refractivity contribution in [2.45, 2.75) is 26.8 Å². The molecule has 3 heteroatoms. The number of nitrogens with zero attached hydrogens (tertiary/aromatic N) is 1. The third-order valence-electron chi connectivity index (χ3n) is 3.58. The van der Waals surface area contributed by atoms with Crippen LogP contribution in [0.15, 0.2) is 36.4 Å². The van der Waals surface area contributed by atoms with Gasteiger partial charge in [0.05, 0.1) is 0 Å². The van der Waals surface area contributed by atoms with E-state index in [1.165, 1.54) is 5.56 Å². The Balaban J connectivity index is 2.50. The van der Waals surface area contributed by atoms with Crippen molar-refractivity contribution < 1.29 is 4.39 Å². The summed E-state index contributed by atoms with van der Waals surface area (Å²) >= 11 is 0. The lowest BCUT2D eigenvalue weighted by Gasteiger charge is -2.25. The molecule has 0 bridgehead atoms. The van der Waals surface area contributed by atoms with Gasteiger partial charge in [-0.1, -0.05) is 17.7 Å². The average molecular weight is 272 g/mol. The van der Waals surface area contributed by atoms with E-state index in [1.807, 2.05) is 24.9 Å². The molecule has 2 aromatic rings. The number of aryl methyl sites for hydroxylation is 2. The van der Waals surface area contributed by atoms with Gasteiger partial charge < -0.3 is 10.6 Å². The molecule has 2 N–H and O–H groups in total. The molecule has 0 unspecified atom stereocenters. The van der Waals surface area contributed by atoms with Gasteiger partial charge in [0.1, 0.15) is 5.82 Å². The van der Waals surface area contributed by atoms with Crippen LogP contribution in [0.2, 0.25) is 0 Å². The molecular weight excluding hydrogens is 251 g/mol. The second-order valence-corrected chi connectivity index (χ2v) is 5.34. The summed E-state index contributed by atoms with van der Waals surface area (Å²) in [5, 5.41) is 0. The van der Waals surface area contributed by atoms with Crippen molar-refractivity contribution in [2.75, 3.05) is 11.9 Å². The fraction of sp³-hybridized carbons (Fsp3) is 0.294. The van der Waals surface area contributed by atoms with Crippen LogP contribution < -0.4 is 10.6 Å². The molecule has 2 nitrogen and oxygen atoms in total. The second-order valence-electron chi connectivity index (χ2n) is 5.34. The highest BCUT2D eigenvalue weighted by Crippen LogP contribution is 2.32. The van der Waals surface area contributed by atoms with Crippen molar-refractivity contribution >= 4 is 11.4 Å². The van der Waals surface area contributed by atoms with Crippen LogP contribution in [0.5, 0.6) is 0 Å². The Labute approximate surface area is 120 Å². The summed E-state index contributed by atoms with van der Waals surface area (Å²) in [6, 6.07) is 11.4. The zero-order valence-electron chi connectivity index (χ0n) is 12.4. The minimum atomic E-state index is -0.215. The van der Waals surface area contributed by atoms with E-state index in [1.54, 1.807) is 13.0 Å². The quantitative estimate of drug-likeness (QED) is 0.906. The van der Waals surface area contributed by atoms with E-state index in [-0.39, 0.29) is 11.9 Å². The van der Waals surface area contributed by atoms with Gasteiger partial charge in [-0.05, 0) is 56.2 Å². The summed E-state index contributed by atoms with van der Waals surface area (Å²) in [5.41, 5.74) is 10.6. The zero-order valence-corrected chi connectivity index (χ0v) is 12.4. The van der Waals surface area contributed by atoms with Crippen molar-refractivity contribution in [2.24, 2.45) is 5.73 Å². The molecular formula is C17H21FN2. The minimum Gasteiger partial charge on any atom is -0.344 e. The van der Waals surface area contributed by atoms with Gasteiger partial charge in [-0.3, -0.25) is 0 Å². The normalized spacial score (nSPS) is 12.3. The number of anilines is 2. The molecule has 0 aliphatic heterocycles. The van der Waals surface area contributed by atoms with E-state index in [0.29, 0.717) is 5.56 Å². The molecule has 0 radical (unpaired) electrons. The Morgan fingerprint density at radius 2 is 1.70 bits per heavy atom. The van der Waals surface area contributed by atoms with Crippen molar-refractivity contribution in [3.63, 3.8) is 0 Å². The first-order valence-corrected chi connectivity index (χ1v) is 6.76. The predicted octanol–water partition coefficient (Wildman–Crippen LogP) is 4.23. The van der Waals surface area contributed by atoms with E-state index < -0.39 is 0 Å². The Kier molecular flexibility index (Phi) is 4.09. The molecule has 20 heavy (non-hydrogen) atoms. The lowest BCUT2D eigenvalue weighted by Crippen LogP contribution is -2.16. The molecule has 0 fully saturated rings. The van der Waals surface area contributed by atoms with Crippen LogP contribution in [0, 0.1) is 19.7 Å². The molecule has 0 saturated carbocycles. The lowest BCUT2D eigenvalue weighted by atomic mass is 10.0. The van der Waals surface area contributed by atoms with Gasteiger partial charge in [0.25, 0.3) is 0 Å². The summed E-state index contributed by atoms with van der Waals surface area (Å²) in [6.45, 7) is 5.70. The fourth-order valence-electron chi connectivity index (χ4n) is 2.24. The van der Waals surface area contributed by atoms with Crippen LogP contribution in [0.3, 0.4) is 0 Å².